The van der Waals surface area contributed by atoms with Gasteiger partial charge in [-0.1, -0.05) is 0 Å². The molecular formula is C30H35N7O2. The molecule has 39 heavy (non-hydrogen) atoms. The molecular weight excluding hydrogens is 490 g/mol. The molecule has 0 aliphatic carbocycles. The third-order valence-corrected chi connectivity index (χ3v) is 6.61. The van der Waals surface area contributed by atoms with E-state index in [1.807, 2.05) is 64.2 Å². The van der Waals surface area contributed by atoms with E-state index in [0.29, 0.717) is 11.3 Å². The molecule has 1 saturated heterocycles. The maximum atomic E-state index is 12.4. The number of pyridine rings is 1. The highest BCUT2D eigenvalue weighted by molar-refractivity contribution is 5.94. The molecule has 4 aromatic rings. The van der Waals surface area contributed by atoms with Gasteiger partial charge < -0.3 is 25.2 Å². The minimum atomic E-state index is -0.291. The Labute approximate surface area is 229 Å². The Morgan fingerprint density at radius 1 is 0.949 bits per heavy atom. The second-order valence-corrected chi connectivity index (χ2v) is 11.0. The predicted molar refractivity (Wildman–Crippen MR) is 155 cm³/mol. The molecule has 0 atom stereocenters. The van der Waals surface area contributed by atoms with Crippen LogP contribution in [0.25, 0.3) is 10.9 Å². The number of likely N-dealkylation sites (N-methyl/N-ethyl adjacent to an activating group) is 1. The molecule has 1 amide bonds. The number of hydrogen-bond acceptors (Lipinski definition) is 8. The molecule has 0 saturated carbocycles. The number of rotatable bonds is 6. The number of carbonyl (C=O) groups is 1. The Kier molecular flexibility index (Phi) is 7.34. The van der Waals surface area contributed by atoms with Crippen molar-refractivity contribution in [2.24, 2.45) is 0 Å². The lowest BCUT2D eigenvalue weighted by molar-refractivity contribution is 0.0919. The summed E-state index contributed by atoms with van der Waals surface area (Å²) >= 11 is 0. The lowest BCUT2D eigenvalue weighted by Crippen LogP contribution is -2.44. The zero-order valence-electron chi connectivity index (χ0n) is 23.2. The Balaban J connectivity index is 1.30. The van der Waals surface area contributed by atoms with Crippen molar-refractivity contribution in [1.29, 1.82) is 0 Å². The monoisotopic (exact) mass is 525 g/mol. The first kappa shape index (κ1) is 26.4. The topological polar surface area (TPSA) is 95.5 Å². The molecule has 5 rings (SSSR count). The molecule has 1 aliphatic heterocycles. The lowest BCUT2D eigenvalue weighted by atomic mass is 10.1. The van der Waals surface area contributed by atoms with E-state index in [4.69, 9.17) is 4.74 Å². The van der Waals surface area contributed by atoms with Crippen LogP contribution >= 0.6 is 0 Å². The fourth-order valence-electron chi connectivity index (χ4n) is 4.45. The zero-order chi connectivity index (χ0) is 27.6. The number of benzene rings is 2. The molecule has 1 fully saturated rings. The number of fused-ring (bicyclic) bond motifs is 1. The number of amides is 1. The second-order valence-electron chi connectivity index (χ2n) is 11.0. The Morgan fingerprint density at radius 3 is 2.38 bits per heavy atom. The quantitative estimate of drug-likeness (QED) is 0.357. The molecule has 2 N–H and O–H groups in total. The summed E-state index contributed by atoms with van der Waals surface area (Å²) < 4.78 is 6.11. The van der Waals surface area contributed by atoms with E-state index in [1.165, 1.54) is 0 Å². The zero-order valence-corrected chi connectivity index (χ0v) is 23.2. The minimum absolute atomic E-state index is 0.107. The van der Waals surface area contributed by atoms with Gasteiger partial charge in [-0.25, -0.2) is 15.0 Å². The van der Waals surface area contributed by atoms with Crippen LogP contribution in [0.3, 0.4) is 0 Å². The normalized spacial score (nSPS) is 14.3. The van der Waals surface area contributed by atoms with Gasteiger partial charge in [0.15, 0.2) is 0 Å². The first-order valence-electron chi connectivity index (χ1n) is 13.2. The van der Waals surface area contributed by atoms with E-state index in [1.54, 1.807) is 18.5 Å². The first-order valence-corrected chi connectivity index (χ1v) is 13.2. The van der Waals surface area contributed by atoms with Crippen molar-refractivity contribution in [2.45, 2.75) is 33.2 Å². The number of ether oxygens (including phenoxy) is 1. The van der Waals surface area contributed by atoms with Crippen molar-refractivity contribution in [3.05, 3.63) is 72.2 Å². The molecule has 2 aromatic carbocycles. The van der Waals surface area contributed by atoms with Crippen molar-refractivity contribution in [1.82, 2.24) is 25.2 Å². The minimum Gasteiger partial charge on any atom is -0.457 e. The summed E-state index contributed by atoms with van der Waals surface area (Å²) in [6.45, 7) is 11.8. The van der Waals surface area contributed by atoms with E-state index in [-0.39, 0.29) is 11.4 Å². The van der Waals surface area contributed by atoms with Crippen LogP contribution in [0, 0.1) is 6.92 Å². The summed E-state index contributed by atoms with van der Waals surface area (Å²) in [6.07, 6.45) is 3.37. The van der Waals surface area contributed by atoms with Crippen LogP contribution in [0.2, 0.25) is 0 Å². The van der Waals surface area contributed by atoms with E-state index in [2.05, 4.69) is 48.5 Å². The fraction of sp³-hybridized carbons (Fsp3) is 0.333. The van der Waals surface area contributed by atoms with Gasteiger partial charge in [0.2, 0.25) is 0 Å². The van der Waals surface area contributed by atoms with Crippen LogP contribution in [0.15, 0.2) is 61.1 Å². The van der Waals surface area contributed by atoms with Crippen LogP contribution in [-0.2, 0) is 0 Å². The molecule has 9 heteroatoms. The van der Waals surface area contributed by atoms with E-state index < -0.39 is 0 Å². The van der Waals surface area contributed by atoms with Crippen LogP contribution in [0.4, 0.5) is 17.3 Å². The molecule has 3 heterocycles. The van der Waals surface area contributed by atoms with Crippen LogP contribution in [0.1, 0.15) is 36.7 Å². The summed E-state index contributed by atoms with van der Waals surface area (Å²) in [7, 11) is 2.14. The van der Waals surface area contributed by atoms with Gasteiger partial charge in [-0.05, 0) is 88.8 Å². The molecule has 0 bridgehead atoms. The second kappa shape index (κ2) is 10.9. The van der Waals surface area contributed by atoms with Gasteiger partial charge in [0.1, 0.15) is 29.5 Å². The highest BCUT2D eigenvalue weighted by atomic mass is 16.5. The Hall–Kier alpha value is -4.24. The molecule has 0 radical (unpaired) electrons. The number of nitrogens with one attached hydrogen (secondary N) is 2. The fourth-order valence-corrected chi connectivity index (χ4v) is 4.45. The summed E-state index contributed by atoms with van der Waals surface area (Å²) in [5, 5.41) is 7.34. The molecule has 9 nitrogen and oxygen atoms in total. The molecule has 0 spiro atoms. The van der Waals surface area contributed by atoms with Gasteiger partial charge in [0.05, 0.1) is 11.7 Å². The van der Waals surface area contributed by atoms with E-state index in [9.17, 15) is 4.79 Å². The van der Waals surface area contributed by atoms with Crippen molar-refractivity contribution in [3.8, 4) is 11.5 Å². The summed E-state index contributed by atoms with van der Waals surface area (Å²) in [6, 6.07) is 15.1. The number of anilines is 3. The summed E-state index contributed by atoms with van der Waals surface area (Å²) in [5.74, 6) is 2.97. The maximum absolute atomic E-state index is 12.4. The Bertz CT molecular complexity index is 1470. The van der Waals surface area contributed by atoms with Gasteiger partial charge in [-0.2, -0.15) is 0 Å². The molecule has 2 aromatic heterocycles. The number of hydrogen-bond donors (Lipinski definition) is 2. The highest BCUT2D eigenvalue weighted by Gasteiger charge is 2.17. The van der Waals surface area contributed by atoms with Crippen LogP contribution < -0.4 is 20.3 Å². The molecule has 1 aliphatic rings. The van der Waals surface area contributed by atoms with Crippen molar-refractivity contribution < 1.29 is 9.53 Å². The Morgan fingerprint density at radius 2 is 1.69 bits per heavy atom. The summed E-state index contributed by atoms with van der Waals surface area (Å²) in [4.78, 5) is 30.6. The van der Waals surface area contributed by atoms with Crippen LogP contribution in [-0.4, -0.2) is 64.5 Å². The van der Waals surface area contributed by atoms with Crippen molar-refractivity contribution in [2.75, 3.05) is 43.4 Å². The average Bonchev–Trinajstić information content (AvgIpc) is 2.90. The average molecular weight is 526 g/mol. The van der Waals surface area contributed by atoms with Gasteiger partial charge in [-0.15, -0.1) is 0 Å². The number of aryl methyl sites for hydroxylation is 1. The number of piperazine rings is 1. The largest absolute Gasteiger partial charge is 0.457 e. The van der Waals surface area contributed by atoms with E-state index in [0.717, 1.165) is 65.7 Å². The molecule has 202 valence electrons. The third-order valence-electron chi connectivity index (χ3n) is 6.61. The lowest BCUT2D eigenvalue weighted by Gasteiger charge is -2.33. The predicted octanol–water partition coefficient (Wildman–Crippen LogP) is 5.15. The van der Waals surface area contributed by atoms with Crippen molar-refractivity contribution >= 4 is 34.1 Å². The number of aromatic nitrogens is 3. The van der Waals surface area contributed by atoms with Gasteiger partial charge >= 0.3 is 0 Å². The third kappa shape index (κ3) is 6.43. The smallest absolute Gasteiger partial charge is 0.251 e. The maximum Gasteiger partial charge on any atom is 0.251 e. The number of nitrogens with zero attached hydrogens (tertiary/aromatic N) is 5. The SMILES string of the molecule is Cc1cc(Nc2ncnc3cnc(N4CCN(C)CC4)cc23)ccc1Oc1ccc(C(=O)NC(C)(C)C)cc1. The molecule has 0 unspecified atom stereocenters. The highest BCUT2D eigenvalue weighted by Crippen LogP contribution is 2.31. The first-order chi connectivity index (χ1) is 18.6. The van der Waals surface area contributed by atoms with Gasteiger partial charge in [0.25, 0.3) is 5.91 Å². The standard InChI is InChI=1S/C30H35N7O2/c1-20-16-22(8-11-26(20)39-23-9-6-21(7-10-23)29(38)35-30(2,3)4)34-28-24-17-27(31-18-25(24)32-19-33-28)37-14-12-36(5)13-15-37/h6-11,16-19H,12-15H2,1-5H3,(H,35,38)(H,32,33,34). The van der Waals surface area contributed by atoms with Crippen LogP contribution in [0.5, 0.6) is 11.5 Å². The van der Waals surface area contributed by atoms with Gasteiger partial charge in [0, 0.05) is 48.4 Å². The van der Waals surface area contributed by atoms with Gasteiger partial charge in [-0.3, -0.25) is 4.79 Å². The number of carbonyl (C=O) groups excluding carboxylic acids is 1. The summed E-state index contributed by atoms with van der Waals surface area (Å²) in [5.41, 5.74) is 2.96. The van der Waals surface area contributed by atoms with Crippen molar-refractivity contribution in [3.63, 3.8) is 0 Å². The van der Waals surface area contributed by atoms with E-state index >= 15 is 0 Å².